The summed E-state index contributed by atoms with van der Waals surface area (Å²) in [6.07, 6.45) is 0.559. The van der Waals surface area contributed by atoms with E-state index in [9.17, 15) is 8.42 Å². The maximum absolute atomic E-state index is 12.2. The predicted octanol–water partition coefficient (Wildman–Crippen LogP) is 2.66. The lowest BCUT2D eigenvalue weighted by Gasteiger charge is -2.06. The molecular formula is C13H15NO2S2. The third-order valence-corrected chi connectivity index (χ3v) is 5.45. The third-order valence-electron chi connectivity index (χ3n) is 2.80. The molecule has 2 N–H and O–H groups in total. The summed E-state index contributed by atoms with van der Waals surface area (Å²) >= 11 is 1.58. The van der Waals surface area contributed by atoms with Crippen molar-refractivity contribution in [3.05, 3.63) is 46.2 Å². The van der Waals surface area contributed by atoms with Crippen molar-refractivity contribution in [1.29, 1.82) is 0 Å². The standard InChI is InChI=1S/C13H15NO2S2/c1-10-9-12(4-5-13(10)14)18(15,16)8-6-11-3-2-7-17-11/h2-5,7,9H,6,8,14H2,1H3. The van der Waals surface area contributed by atoms with Crippen LogP contribution in [0.15, 0.2) is 40.6 Å². The van der Waals surface area contributed by atoms with Crippen molar-refractivity contribution in [2.24, 2.45) is 0 Å². The van der Waals surface area contributed by atoms with Crippen LogP contribution in [0.3, 0.4) is 0 Å². The van der Waals surface area contributed by atoms with E-state index in [4.69, 9.17) is 5.73 Å². The van der Waals surface area contributed by atoms with Gasteiger partial charge in [0.2, 0.25) is 0 Å². The van der Waals surface area contributed by atoms with Gasteiger partial charge >= 0.3 is 0 Å². The quantitative estimate of drug-likeness (QED) is 0.876. The summed E-state index contributed by atoms with van der Waals surface area (Å²) in [7, 11) is -3.22. The van der Waals surface area contributed by atoms with E-state index in [1.807, 2.05) is 24.4 Å². The van der Waals surface area contributed by atoms with Gasteiger partial charge in [0.05, 0.1) is 10.6 Å². The molecule has 0 aliphatic carbocycles. The minimum atomic E-state index is -3.22. The van der Waals surface area contributed by atoms with Crippen LogP contribution in [-0.4, -0.2) is 14.2 Å². The SMILES string of the molecule is Cc1cc(S(=O)(=O)CCc2cccs2)ccc1N. The Hall–Kier alpha value is -1.33. The van der Waals surface area contributed by atoms with Gasteiger partial charge in [-0.3, -0.25) is 0 Å². The van der Waals surface area contributed by atoms with E-state index in [0.717, 1.165) is 10.4 Å². The molecule has 1 aromatic carbocycles. The summed E-state index contributed by atoms with van der Waals surface area (Å²) in [5, 5.41) is 1.95. The molecular weight excluding hydrogens is 266 g/mol. The highest BCUT2D eigenvalue weighted by Crippen LogP contribution is 2.19. The van der Waals surface area contributed by atoms with E-state index in [1.54, 1.807) is 29.5 Å². The average molecular weight is 281 g/mol. The lowest BCUT2D eigenvalue weighted by atomic mass is 10.2. The maximum Gasteiger partial charge on any atom is 0.178 e. The first kappa shape index (κ1) is 13.1. The van der Waals surface area contributed by atoms with Crippen LogP contribution in [0.25, 0.3) is 0 Å². The van der Waals surface area contributed by atoms with Gasteiger partial charge < -0.3 is 5.73 Å². The van der Waals surface area contributed by atoms with Gasteiger partial charge in [-0.2, -0.15) is 0 Å². The zero-order chi connectivity index (χ0) is 13.2. The van der Waals surface area contributed by atoms with E-state index in [-0.39, 0.29) is 5.75 Å². The minimum Gasteiger partial charge on any atom is -0.399 e. The lowest BCUT2D eigenvalue weighted by molar-refractivity contribution is 0.595. The molecule has 0 radical (unpaired) electrons. The number of hydrogen-bond acceptors (Lipinski definition) is 4. The second-order valence-electron chi connectivity index (χ2n) is 4.17. The smallest absolute Gasteiger partial charge is 0.178 e. The molecule has 96 valence electrons. The first-order chi connectivity index (χ1) is 8.49. The van der Waals surface area contributed by atoms with Crippen LogP contribution < -0.4 is 5.73 Å². The fourth-order valence-electron chi connectivity index (χ4n) is 1.65. The molecule has 0 unspecified atom stereocenters. The molecule has 0 aliphatic rings. The van der Waals surface area contributed by atoms with Crippen LogP contribution in [0.4, 0.5) is 5.69 Å². The number of hydrogen-bond donors (Lipinski definition) is 1. The number of nitrogen functional groups attached to an aromatic ring is 1. The molecule has 0 spiro atoms. The van der Waals surface area contributed by atoms with Crippen LogP contribution in [-0.2, 0) is 16.3 Å². The van der Waals surface area contributed by atoms with E-state index in [0.29, 0.717) is 17.0 Å². The predicted molar refractivity (Wildman–Crippen MR) is 75.7 cm³/mol. The largest absolute Gasteiger partial charge is 0.399 e. The maximum atomic E-state index is 12.2. The fourth-order valence-corrected chi connectivity index (χ4v) is 3.84. The van der Waals surface area contributed by atoms with Crippen LogP contribution >= 0.6 is 11.3 Å². The van der Waals surface area contributed by atoms with Crippen LogP contribution in [0.1, 0.15) is 10.4 Å². The molecule has 18 heavy (non-hydrogen) atoms. The van der Waals surface area contributed by atoms with Crippen LogP contribution in [0, 0.1) is 6.92 Å². The third kappa shape index (κ3) is 2.91. The molecule has 2 aromatic rings. The van der Waals surface area contributed by atoms with Crippen molar-refractivity contribution in [1.82, 2.24) is 0 Å². The second kappa shape index (κ2) is 5.12. The number of nitrogens with two attached hydrogens (primary N) is 1. The highest BCUT2D eigenvalue weighted by Gasteiger charge is 2.15. The molecule has 0 saturated carbocycles. The highest BCUT2D eigenvalue weighted by atomic mass is 32.2. The zero-order valence-electron chi connectivity index (χ0n) is 10.1. The molecule has 0 atom stereocenters. The summed E-state index contributed by atoms with van der Waals surface area (Å²) in [5.74, 6) is 0.136. The molecule has 2 rings (SSSR count). The zero-order valence-corrected chi connectivity index (χ0v) is 11.7. The van der Waals surface area contributed by atoms with Crippen molar-refractivity contribution in [2.45, 2.75) is 18.2 Å². The Bertz CT molecular complexity index is 631. The second-order valence-corrected chi connectivity index (χ2v) is 7.31. The number of aryl methyl sites for hydroxylation is 2. The number of rotatable bonds is 4. The Balaban J connectivity index is 2.17. The van der Waals surface area contributed by atoms with Gasteiger partial charge in [0.1, 0.15) is 0 Å². The van der Waals surface area contributed by atoms with E-state index >= 15 is 0 Å². The molecule has 5 heteroatoms. The molecule has 1 aromatic heterocycles. The molecule has 3 nitrogen and oxygen atoms in total. The monoisotopic (exact) mass is 281 g/mol. The first-order valence-corrected chi connectivity index (χ1v) is 8.13. The van der Waals surface area contributed by atoms with E-state index < -0.39 is 9.84 Å². The van der Waals surface area contributed by atoms with E-state index in [1.165, 1.54) is 0 Å². The van der Waals surface area contributed by atoms with Crippen LogP contribution in [0.5, 0.6) is 0 Å². The van der Waals surface area contributed by atoms with Crippen molar-refractivity contribution in [2.75, 3.05) is 11.5 Å². The summed E-state index contributed by atoms with van der Waals surface area (Å²) in [5.41, 5.74) is 7.11. The van der Waals surface area contributed by atoms with Crippen molar-refractivity contribution in [3.8, 4) is 0 Å². The Morgan fingerprint density at radius 1 is 1.28 bits per heavy atom. The van der Waals surface area contributed by atoms with Crippen molar-refractivity contribution < 1.29 is 8.42 Å². The molecule has 0 aliphatic heterocycles. The first-order valence-electron chi connectivity index (χ1n) is 5.60. The molecule has 0 saturated heterocycles. The number of benzene rings is 1. The summed E-state index contributed by atoms with van der Waals surface area (Å²) in [6.45, 7) is 1.81. The van der Waals surface area contributed by atoms with Crippen molar-refractivity contribution >= 4 is 26.9 Å². The van der Waals surface area contributed by atoms with Gasteiger partial charge in [-0.25, -0.2) is 8.42 Å². The topological polar surface area (TPSA) is 60.2 Å². The summed E-state index contributed by atoms with van der Waals surface area (Å²) < 4.78 is 24.3. The van der Waals surface area contributed by atoms with Crippen molar-refractivity contribution in [3.63, 3.8) is 0 Å². The fraction of sp³-hybridized carbons (Fsp3) is 0.231. The summed E-state index contributed by atoms with van der Waals surface area (Å²) in [4.78, 5) is 1.44. The number of anilines is 1. The Morgan fingerprint density at radius 2 is 2.06 bits per heavy atom. The van der Waals surface area contributed by atoms with Gasteiger partial charge in [0, 0.05) is 10.6 Å². The minimum absolute atomic E-state index is 0.136. The molecule has 0 bridgehead atoms. The molecule has 0 fully saturated rings. The van der Waals surface area contributed by atoms with Crippen LogP contribution in [0.2, 0.25) is 0 Å². The van der Waals surface area contributed by atoms with Gasteiger partial charge in [0.25, 0.3) is 0 Å². The molecule has 1 heterocycles. The van der Waals surface area contributed by atoms with Gasteiger partial charge in [0.15, 0.2) is 9.84 Å². The Morgan fingerprint density at radius 3 is 2.67 bits per heavy atom. The summed E-state index contributed by atoms with van der Waals surface area (Å²) in [6, 6.07) is 8.74. The van der Waals surface area contributed by atoms with Gasteiger partial charge in [-0.15, -0.1) is 11.3 Å². The Kier molecular flexibility index (Phi) is 3.73. The Labute approximate surface area is 111 Å². The lowest BCUT2D eigenvalue weighted by Crippen LogP contribution is -2.09. The van der Waals surface area contributed by atoms with Gasteiger partial charge in [-0.1, -0.05) is 6.07 Å². The average Bonchev–Trinajstić information content (AvgIpc) is 2.83. The van der Waals surface area contributed by atoms with E-state index in [2.05, 4.69) is 0 Å². The van der Waals surface area contributed by atoms with Gasteiger partial charge in [-0.05, 0) is 48.6 Å². The normalized spacial score (nSPS) is 11.6. The molecule has 0 amide bonds. The highest BCUT2D eigenvalue weighted by molar-refractivity contribution is 7.91. The number of sulfone groups is 1. The number of thiophene rings is 1.